The molecule has 0 fully saturated rings. The first-order chi connectivity index (χ1) is 8.27. The summed E-state index contributed by atoms with van der Waals surface area (Å²) in [6, 6.07) is 3.96. The summed E-state index contributed by atoms with van der Waals surface area (Å²) in [6.07, 6.45) is 9.57. The van der Waals surface area contributed by atoms with Gasteiger partial charge in [-0.15, -0.1) is 0 Å². The molecule has 0 heterocycles. The van der Waals surface area contributed by atoms with Crippen molar-refractivity contribution in [2.24, 2.45) is 0 Å². The Morgan fingerprint density at radius 3 is 2.59 bits per heavy atom. The number of allylic oxidation sites excluding steroid dienone is 1. The van der Waals surface area contributed by atoms with Crippen molar-refractivity contribution in [3.05, 3.63) is 42.0 Å². The maximum Gasteiger partial charge on any atom is 0.149 e. The third-order valence-electron chi connectivity index (χ3n) is 3.05. The van der Waals surface area contributed by atoms with Crippen LogP contribution in [-0.2, 0) is 0 Å². The van der Waals surface area contributed by atoms with Crippen molar-refractivity contribution in [1.29, 1.82) is 0 Å². The lowest BCUT2D eigenvalue weighted by atomic mass is 10.0. The molecule has 0 spiro atoms. The van der Waals surface area contributed by atoms with E-state index >= 15 is 0 Å². The molecule has 1 aromatic rings. The molecule has 0 saturated heterocycles. The normalized spacial score (nSPS) is 22.6. The summed E-state index contributed by atoms with van der Waals surface area (Å²) in [4.78, 5) is 0. The predicted octanol–water partition coefficient (Wildman–Crippen LogP) is 4.27. The summed E-state index contributed by atoms with van der Waals surface area (Å²) in [5, 5.41) is 2.95. The Balaban J connectivity index is 2.10. The molecule has 92 valence electrons. The monoisotopic (exact) mass is 237 g/mol. The zero-order valence-electron chi connectivity index (χ0n) is 9.76. The molecule has 0 radical (unpaired) electrons. The molecule has 1 unspecified atom stereocenters. The van der Waals surface area contributed by atoms with Crippen molar-refractivity contribution in [2.45, 2.75) is 38.1 Å². The smallest absolute Gasteiger partial charge is 0.149 e. The largest absolute Gasteiger partial charge is 0.374 e. The number of rotatable bonds is 2. The molecule has 1 N–H and O–H groups in total. The summed E-state index contributed by atoms with van der Waals surface area (Å²) in [5.74, 6) is -1.05. The number of halogens is 2. The van der Waals surface area contributed by atoms with Crippen molar-refractivity contribution >= 4 is 5.69 Å². The van der Waals surface area contributed by atoms with Gasteiger partial charge in [0.05, 0.1) is 0 Å². The van der Waals surface area contributed by atoms with Gasteiger partial charge in [-0.2, -0.15) is 0 Å². The lowest BCUT2D eigenvalue weighted by Gasteiger charge is -2.18. The maximum absolute atomic E-state index is 13.5. The van der Waals surface area contributed by atoms with E-state index in [2.05, 4.69) is 11.4 Å². The summed E-state index contributed by atoms with van der Waals surface area (Å²) >= 11 is 0. The standard InChI is InChI=1S/C14H17F2N/c15-12-9-6-10-13(16)14(12)17-11-7-4-2-1-3-5-8-11/h4,6-7,9-11,17H,1-3,5,8H2/b7-4+. The van der Waals surface area contributed by atoms with Gasteiger partial charge in [0.25, 0.3) is 0 Å². The van der Waals surface area contributed by atoms with E-state index in [0.717, 1.165) is 19.3 Å². The summed E-state index contributed by atoms with van der Waals surface area (Å²) in [7, 11) is 0. The van der Waals surface area contributed by atoms with Gasteiger partial charge in [-0.3, -0.25) is 0 Å². The summed E-state index contributed by atoms with van der Waals surface area (Å²) in [6.45, 7) is 0. The topological polar surface area (TPSA) is 12.0 Å². The van der Waals surface area contributed by atoms with E-state index in [-0.39, 0.29) is 11.7 Å². The fraction of sp³-hybridized carbons (Fsp3) is 0.429. The van der Waals surface area contributed by atoms with Gasteiger partial charge < -0.3 is 5.32 Å². The number of hydrogen-bond donors (Lipinski definition) is 1. The van der Waals surface area contributed by atoms with Gasteiger partial charge in [-0.25, -0.2) is 8.78 Å². The fourth-order valence-corrected chi connectivity index (χ4v) is 2.10. The molecular formula is C14H17F2N. The average molecular weight is 237 g/mol. The highest BCUT2D eigenvalue weighted by Crippen LogP contribution is 2.21. The molecule has 0 aromatic heterocycles. The number of hydrogen-bond acceptors (Lipinski definition) is 1. The zero-order chi connectivity index (χ0) is 12.1. The fourth-order valence-electron chi connectivity index (χ4n) is 2.10. The Bertz CT molecular complexity index is 381. The van der Waals surface area contributed by atoms with Gasteiger partial charge in [0, 0.05) is 6.04 Å². The third-order valence-corrected chi connectivity index (χ3v) is 3.05. The molecule has 0 saturated carbocycles. The van der Waals surface area contributed by atoms with Gasteiger partial charge in [-0.1, -0.05) is 31.1 Å². The maximum atomic E-state index is 13.5. The van der Waals surface area contributed by atoms with Gasteiger partial charge in [0.2, 0.25) is 0 Å². The Kier molecular flexibility index (Phi) is 4.13. The highest BCUT2D eigenvalue weighted by molar-refractivity contribution is 5.47. The van der Waals surface area contributed by atoms with Crippen LogP contribution in [0.2, 0.25) is 0 Å². The van der Waals surface area contributed by atoms with Crippen molar-refractivity contribution in [1.82, 2.24) is 0 Å². The molecule has 0 amide bonds. The van der Waals surface area contributed by atoms with Gasteiger partial charge in [0.15, 0.2) is 0 Å². The second kappa shape index (κ2) is 5.80. The van der Waals surface area contributed by atoms with Crippen LogP contribution < -0.4 is 5.32 Å². The number of anilines is 1. The second-order valence-electron chi connectivity index (χ2n) is 4.41. The van der Waals surface area contributed by atoms with E-state index in [9.17, 15) is 8.78 Å². The Morgan fingerprint density at radius 2 is 1.82 bits per heavy atom. The molecule has 0 aliphatic heterocycles. The van der Waals surface area contributed by atoms with Crippen LogP contribution in [0.25, 0.3) is 0 Å². The first-order valence-corrected chi connectivity index (χ1v) is 6.14. The lowest BCUT2D eigenvalue weighted by molar-refractivity contribution is 0.573. The van der Waals surface area contributed by atoms with Crippen molar-refractivity contribution in [3.63, 3.8) is 0 Å². The minimum absolute atomic E-state index is 0.0114. The molecule has 1 aliphatic carbocycles. The van der Waals surface area contributed by atoms with E-state index in [4.69, 9.17) is 0 Å². The lowest BCUT2D eigenvalue weighted by Crippen LogP contribution is -2.19. The van der Waals surface area contributed by atoms with Gasteiger partial charge >= 0.3 is 0 Å². The van der Waals surface area contributed by atoms with Gasteiger partial charge in [-0.05, 0) is 31.4 Å². The third kappa shape index (κ3) is 3.29. The highest BCUT2D eigenvalue weighted by atomic mass is 19.1. The van der Waals surface area contributed by atoms with Crippen LogP contribution in [0.5, 0.6) is 0 Å². The van der Waals surface area contributed by atoms with Crippen molar-refractivity contribution in [3.8, 4) is 0 Å². The predicted molar refractivity (Wildman–Crippen MR) is 66.0 cm³/mol. The van der Waals surface area contributed by atoms with Crippen LogP contribution in [0, 0.1) is 11.6 Å². The molecule has 1 nitrogen and oxygen atoms in total. The quantitative estimate of drug-likeness (QED) is 0.757. The molecule has 0 bridgehead atoms. The highest BCUT2D eigenvalue weighted by Gasteiger charge is 2.12. The van der Waals surface area contributed by atoms with E-state index < -0.39 is 11.6 Å². The van der Waals surface area contributed by atoms with Crippen molar-refractivity contribution < 1.29 is 8.78 Å². The van der Waals surface area contributed by atoms with E-state index in [1.54, 1.807) is 0 Å². The first-order valence-electron chi connectivity index (χ1n) is 6.14. The molecule has 3 heteroatoms. The van der Waals surface area contributed by atoms with Crippen LogP contribution in [0.15, 0.2) is 30.4 Å². The van der Waals surface area contributed by atoms with Gasteiger partial charge in [0.1, 0.15) is 17.3 Å². The zero-order valence-corrected chi connectivity index (χ0v) is 9.76. The molecule has 1 atom stereocenters. The molecule has 1 aliphatic rings. The van der Waals surface area contributed by atoms with Crippen LogP contribution in [0.3, 0.4) is 0 Å². The van der Waals surface area contributed by atoms with Crippen LogP contribution in [0.1, 0.15) is 32.1 Å². The summed E-state index contributed by atoms with van der Waals surface area (Å²) < 4.78 is 26.9. The van der Waals surface area contributed by atoms with E-state index in [1.807, 2.05) is 6.08 Å². The van der Waals surface area contributed by atoms with Crippen LogP contribution in [-0.4, -0.2) is 6.04 Å². The van der Waals surface area contributed by atoms with E-state index in [1.165, 1.54) is 31.0 Å². The Hall–Kier alpha value is -1.38. The SMILES string of the molecule is Fc1cccc(F)c1NC1/C=C/CCCCC1. The van der Waals surface area contributed by atoms with E-state index in [0.29, 0.717) is 0 Å². The number of para-hydroxylation sites is 1. The molecule has 17 heavy (non-hydrogen) atoms. The first kappa shape index (κ1) is 12.1. The van der Waals surface area contributed by atoms with Crippen LogP contribution >= 0.6 is 0 Å². The Labute approximate surface area is 101 Å². The number of nitrogens with one attached hydrogen (secondary N) is 1. The second-order valence-corrected chi connectivity index (χ2v) is 4.41. The molecule has 1 aromatic carbocycles. The Morgan fingerprint density at radius 1 is 1.06 bits per heavy atom. The molecule has 2 rings (SSSR count). The minimum Gasteiger partial charge on any atom is -0.374 e. The minimum atomic E-state index is -0.527. The average Bonchev–Trinajstić information content (AvgIpc) is 2.26. The van der Waals surface area contributed by atoms with Crippen molar-refractivity contribution in [2.75, 3.05) is 5.32 Å². The number of benzene rings is 1. The molecular weight excluding hydrogens is 220 g/mol. The summed E-state index contributed by atoms with van der Waals surface area (Å²) in [5.41, 5.74) is -0.0114. The van der Waals surface area contributed by atoms with Crippen LogP contribution in [0.4, 0.5) is 14.5 Å².